The zero-order valence-corrected chi connectivity index (χ0v) is 13.1. The molecular weight excluding hydrogens is 286 g/mol. The van der Waals surface area contributed by atoms with E-state index in [9.17, 15) is 4.79 Å². The van der Waals surface area contributed by atoms with Crippen molar-refractivity contribution in [1.82, 2.24) is 10.2 Å². The van der Waals surface area contributed by atoms with Crippen LogP contribution in [0.5, 0.6) is 0 Å². The maximum absolute atomic E-state index is 12.2. The summed E-state index contributed by atoms with van der Waals surface area (Å²) in [5.74, 6) is 0.696. The Bertz CT molecular complexity index is 510. The Labute approximate surface area is 131 Å². The van der Waals surface area contributed by atoms with Crippen molar-refractivity contribution in [3.63, 3.8) is 0 Å². The number of nitrogens with zero attached hydrogens (tertiary/aromatic N) is 2. The van der Waals surface area contributed by atoms with Crippen molar-refractivity contribution >= 4 is 23.3 Å². The number of rotatable bonds is 3. The van der Waals surface area contributed by atoms with Crippen molar-refractivity contribution in [2.75, 3.05) is 31.1 Å². The number of nitrogens with one attached hydrogen (secondary N) is 1. The van der Waals surface area contributed by atoms with Gasteiger partial charge < -0.3 is 15.1 Å². The molecule has 21 heavy (non-hydrogen) atoms. The Hall–Kier alpha value is -1.42. The van der Waals surface area contributed by atoms with Gasteiger partial charge in [0, 0.05) is 42.9 Å². The first-order valence-corrected chi connectivity index (χ1v) is 8.07. The molecular formula is C16H22ClN3O. The first-order valence-electron chi connectivity index (χ1n) is 7.69. The van der Waals surface area contributed by atoms with E-state index in [1.807, 2.05) is 23.1 Å². The van der Waals surface area contributed by atoms with Crippen LogP contribution in [0.3, 0.4) is 0 Å². The Balaban J connectivity index is 1.51. The molecule has 0 spiro atoms. The zero-order chi connectivity index (χ0) is 14.8. The molecule has 0 aromatic heterocycles. The predicted molar refractivity (Wildman–Crippen MR) is 86.0 cm³/mol. The molecule has 1 saturated carbocycles. The number of halogens is 1. The molecule has 5 heteroatoms. The number of hydrogen-bond donors (Lipinski definition) is 1. The monoisotopic (exact) mass is 307 g/mol. The van der Waals surface area contributed by atoms with Crippen LogP contribution in [-0.2, 0) is 0 Å². The molecule has 2 amide bonds. The summed E-state index contributed by atoms with van der Waals surface area (Å²) < 4.78 is 0. The van der Waals surface area contributed by atoms with Crippen LogP contribution < -0.4 is 10.2 Å². The Morgan fingerprint density at radius 3 is 2.62 bits per heavy atom. The largest absolute Gasteiger partial charge is 0.368 e. The summed E-state index contributed by atoms with van der Waals surface area (Å²) in [7, 11) is 0. The molecule has 2 aliphatic rings. The lowest BCUT2D eigenvalue weighted by Crippen LogP contribution is -2.53. The third-order valence-electron chi connectivity index (χ3n) is 4.42. The fourth-order valence-electron chi connectivity index (χ4n) is 2.84. The highest BCUT2D eigenvalue weighted by Crippen LogP contribution is 2.32. The van der Waals surface area contributed by atoms with E-state index < -0.39 is 0 Å². The number of piperazine rings is 1. The van der Waals surface area contributed by atoms with Gasteiger partial charge in [0.25, 0.3) is 0 Å². The third kappa shape index (κ3) is 3.62. The molecule has 0 bridgehead atoms. The first-order chi connectivity index (χ1) is 10.1. The maximum Gasteiger partial charge on any atom is 0.317 e. The van der Waals surface area contributed by atoms with Gasteiger partial charge in [0.15, 0.2) is 0 Å². The minimum Gasteiger partial charge on any atom is -0.368 e. The summed E-state index contributed by atoms with van der Waals surface area (Å²) >= 11 is 6.03. The second-order valence-electron chi connectivity index (χ2n) is 6.03. The van der Waals surface area contributed by atoms with E-state index in [4.69, 9.17) is 11.6 Å². The summed E-state index contributed by atoms with van der Waals surface area (Å²) in [6.07, 6.45) is 2.51. The van der Waals surface area contributed by atoms with E-state index in [1.165, 1.54) is 12.8 Å². The summed E-state index contributed by atoms with van der Waals surface area (Å²) in [6.45, 7) is 5.33. The van der Waals surface area contributed by atoms with Gasteiger partial charge in [0.05, 0.1) is 0 Å². The lowest BCUT2D eigenvalue weighted by Gasteiger charge is -2.36. The molecule has 2 fully saturated rings. The molecule has 1 N–H and O–H groups in total. The van der Waals surface area contributed by atoms with Crippen LogP contribution in [0.15, 0.2) is 24.3 Å². The van der Waals surface area contributed by atoms with Gasteiger partial charge in [-0.05, 0) is 43.9 Å². The van der Waals surface area contributed by atoms with Crippen LogP contribution >= 0.6 is 11.6 Å². The Kier molecular flexibility index (Phi) is 4.24. The average Bonchev–Trinajstić information content (AvgIpc) is 3.32. The van der Waals surface area contributed by atoms with Crippen molar-refractivity contribution in [3.8, 4) is 0 Å². The molecule has 1 atom stereocenters. The van der Waals surface area contributed by atoms with E-state index in [1.54, 1.807) is 0 Å². The number of hydrogen-bond acceptors (Lipinski definition) is 2. The number of anilines is 1. The van der Waals surface area contributed by atoms with Crippen LogP contribution in [0.2, 0.25) is 5.02 Å². The highest BCUT2D eigenvalue weighted by molar-refractivity contribution is 6.30. The van der Waals surface area contributed by atoms with Crippen molar-refractivity contribution < 1.29 is 4.79 Å². The average molecular weight is 308 g/mol. The van der Waals surface area contributed by atoms with Crippen LogP contribution in [0, 0.1) is 5.92 Å². The Morgan fingerprint density at radius 2 is 2.00 bits per heavy atom. The minimum atomic E-state index is 0.0835. The quantitative estimate of drug-likeness (QED) is 0.932. The molecule has 0 unspecified atom stereocenters. The van der Waals surface area contributed by atoms with Crippen molar-refractivity contribution in [2.45, 2.75) is 25.8 Å². The molecule has 4 nitrogen and oxygen atoms in total. The lowest BCUT2D eigenvalue weighted by atomic mass is 10.2. The predicted octanol–water partition coefficient (Wildman–Crippen LogP) is 2.97. The van der Waals surface area contributed by atoms with Gasteiger partial charge in [0.1, 0.15) is 0 Å². The summed E-state index contributed by atoms with van der Waals surface area (Å²) in [4.78, 5) is 16.4. The van der Waals surface area contributed by atoms with E-state index in [0.717, 1.165) is 36.9 Å². The van der Waals surface area contributed by atoms with E-state index in [2.05, 4.69) is 23.2 Å². The molecule has 1 aromatic carbocycles. The molecule has 1 saturated heterocycles. The third-order valence-corrected chi connectivity index (χ3v) is 4.66. The number of benzene rings is 1. The second kappa shape index (κ2) is 6.14. The van der Waals surface area contributed by atoms with E-state index >= 15 is 0 Å². The molecule has 1 aromatic rings. The maximum atomic E-state index is 12.2. The highest BCUT2D eigenvalue weighted by Gasteiger charge is 2.30. The number of carbonyl (C=O) groups is 1. The van der Waals surface area contributed by atoms with Gasteiger partial charge in [-0.15, -0.1) is 0 Å². The number of urea groups is 1. The van der Waals surface area contributed by atoms with Crippen molar-refractivity contribution in [3.05, 3.63) is 29.3 Å². The summed E-state index contributed by atoms with van der Waals surface area (Å²) in [5, 5.41) is 3.88. The van der Waals surface area contributed by atoms with Crippen LogP contribution in [-0.4, -0.2) is 43.2 Å². The fraction of sp³-hybridized carbons (Fsp3) is 0.562. The standard InChI is InChI=1S/C16H22ClN3O/c1-12(13-5-6-13)18-16(21)20-9-7-19(8-10-20)15-4-2-3-14(17)11-15/h2-4,11-13H,5-10H2,1H3,(H,18,21)/t12-/m0/s1. The van der Waals surface area contributed by atoms with Gasteiger partial charge in [0.2, 0.25) is 0 Å². The van der Waals surface area contributed by atoms with Gasteiger partial charge in [-0.1, -0.05) is 17.7 Å². The molecule has 0 radical (unpaired) electrons. The normalized spacial score (nSPS) is 20.3. The van der Waals surface area contributed by atoms with Gasteiger partial charge >= 0.3 is 6.03 Å². The second-order valence-corrected chi connectivity index (χ2v) is 6.47. The van der Waals surface area contributed by atoms with Crippen LogP contribution in [0.4, 0.5) is 10.5 Å². The molecule has 114 valence electrons. The topological polar surface area (TPSA) is 35.6 Å². The molecule has 1 aliphatic carbocycles. The SMILES string of the molecule is C[C@H](NC(=O)N1CCN(c2cccc(Cl)c2)CC1)C1CC1. The first kappa shape index (κ1) is 14.5. The molecule has 3 rings (SSSR count). The molecule has 1 heterocycles. The summed E-state index contributed by atoms with van der Waals surface area (Å²) in [5.41, 5.74) is 1.13. The number of carbonyl (C=O) groups excluding carboxylic acids is 1. The fourth-order valence-corrected chi connectivity index (χ4v) is 3.03. The van der Waals surface area contributed by atoms with E-state index in [0.29, 0.717) is 12.0 Å². The summed E-state index contributed by atoms with van der Waals surface area (Å²) in [6, 6.07) is 8.29. The van der Waals surface area contributed by atoms with Crippen LogP contribution in [0.1, 0.15) is 19.8 Å². The number of amides is 2. The van der Waals surface area contributed by atoms with Gasteiger partial charge in [-0.25, -0.2) is 4.79 Å². The highest BCUT2D eigenvalue weighted by atomic mass is 35.5. The Morgan fingerprint density at radius 1 is 1.29 bits per heavy atom. The van der Waals surface area contributed by atoms with Crippen molar-refractivity contribution in [2.24, 2.45) is 5.92 Å². The van der Waals surface area contributed by atoms with Gasteiger partial charge in [-0.2, -0.15) is 0 Å². The van der Waals surface area contributed by atoms with E-state index in [-0.39, 0.29) is 6.03 Å². The smallest absolute Gasteiger partial charge is 0.317 e. The van der Waals surface area contributed by atoms with Crippen molar-refractivity contribution in [1.29, 1.82) is 0 Å². The molecule has 1 aliphatic heterocycles. The zero-order valence-electron chi connectivity index (χ0n) is 12.4. The lowest BCUT2D eigenvalue weighted by molar-refractivity contribution is 0.190. The van der Waals surface area contributed by atoms with Crippen LogP contribution in [0.25, 0.3) is 0 Å². The van der Waals surface area contributed by atoms with Gasteiger partial charge in [-0.3, -0.25) is 0 Å². The minimum absolute atomic E-state index is 0.0835.